The van der Waals surface area contributed by atoms with Gasteiger partial charge in [0.25, 0.3) is 0 Å². The molecule has 0 unspecified atom stereocenters. The van der Waals surface area contributed by atoms with Gasteiger partial charge in [-0.2, -0.15) is 5.26 Å². The molecule has 0 aliphatic rings. The van der Waals surface area contributed by atoms with Gasteiger partial charge in [-0.3, -0.25) is 4.79 Å². The number of carbonyl (C=O) groups excluding carboxylic acids is 1. The Morgan fingerprint density at radius 1 is 1.25 bits per heavy atom. The number of ketones is 1. The number of rotatable bonds is 8. The van der Waals surface area contributed by atoms with Crippen LogP contribution in [0.5, 0.6) is 5.75 Å². The van der Waals surface area contributed by atoms with Crippen LogP contribution in [0.25, 0.3) is 6.08 Å². The van der Waals surface area contributed by atoms with Crippen LogP contribution in [0.2, 0.25) is 0 Å². The minimum atomic E-state index is -0.0250. The molecule has 2 rings (SSSR count). The highest BCUT2D eigenvalue weighted by Crippen LogP contribution is 2.17. The van der Waals surface area contributed by atoms with E-state index in [-0.39, 0.29) is 5.78 Å². The molecule has 0 fully saturated rings. The van der Waals surface area contributed by atoms with Crippen LogP contribution in [0.15, 0.2) is 59.5 Å². The van der Waals surface area contributed by atoms with E-state index in [1.165, 1.54) is 0 Å². The van der Waals surface area contributed by atoms with Crippen molar-refractivity contribution in [1.82, 2.24) is 0 Å². The molecule has 0 aromatic heterocycles. The Balaban J connectivity index is 1.97. The lowest BCUT2D eigenvalue weighted by Crippen LogP contribution is -1.96. The van der Waals surface area contributed by atoms with Crippen LogP contribution >= 0.6 is 11.8 Å². The Labute approximate surface area is 147 Å². The molecule has 0 aliphatic heterocycles. The van der Waals surface area contributed by atoms with Crippen LogP contribution in [0.1, 0.15) is 28.8 Å². The predicted molar refractivity (Wildman–Crippen MR) is 98.4 cm³/mol. The lowest BCUT2D eigenvalue weighted by Gasteiger charge is -2.05. The summed E-state index contributed by atoms with van der Waals surface area (Å²) in [5.74, 6) is 0.717. The molecule has 0 saturated carbocycles. The highest BCUT2D eigenvalue weighted by Gasteiger charge is 2.02. The van der Waals surface area contributed by atoms with E-state index in [9.17, 15) is 4.79 Å². The fourth-order valence-corrected chi connectivity index (χ4v) is 2.48. The van der Waals surface area contributed by atoms with Gasteiger partial charge in [0, 0.05) is 16.9 Å². The van der Waals surface area contributed by atoms with Gasteiger partial charge in [-0.05, 0) is 60.7 Å². The van der Waals surface area contributed by atoms with Crippen LogP contribution in [0.4, 0.5) is 0 Å². The molecule has 122 valence electrons. The molecule has 2 aromatic carbocycles. The molecular formula is C20H19NO2S. The average Bonchev–Trinajstić information content (AvgIpc) is 2.64. The number of carbonyl (C=O) groups is 1. The van der Waals surface area contributed by atoms with E-state index in [2.05, 4.69) is 6.07 Å². The van der Waals surface area contributed by atoms with E-state index in [4.69, 9.17) is 10.00 Å². The monoisotopic (exact) mass is 337 g/mol. The van der Waals surface area contributed by atoms with Gasteiger partial charge >= 0.3 is 0 Å². The van der Waals surface area contributed by atoms with Gasteiger partial charge in [0.1, 0.15) is 5.75 Å². The number of hydrogen-bond donors (Lipinski definition) is 0. The summed E-state index contributed by atoms with van der Waals surface area (Å²) in [6, 6.07) is 17.2. The summed E-state index contributed by atoms with van der Waals surface area (Å²) in [7, 11) is 0. The fourth-order valence-electron chi connectivity index (χ4n) is 2.07. The van der Waals surface area contributed by atoms with Crippen molar-refractivity contribution in [2.75, 3.05) is 12.9 Å². The molecule has 0 amide bonds. The quantitative estimate of drug-likeness (QED) is 0.295. The number of nitrogens with zero attached hydrogens (tertiary/aromatic N) is 1. The summed E-state index contributed by atoms with van der Waals surface area (Å²) < 4.78 is 5.59. The third-order valence-corrected chi connectivity index (χ3v) is 4.11. The summed E-state index contributed by atoms with van der Waals surface area (Å²) in [5.41, 5.74) is 1.58. The number of allylic oxidation sites excluding steroid dienone is 1. The zero-order valence-electron chi connectivity index (χ0n) is 13.6. The Kier molecular flexibility index (Phi) is 7.13. The number of benzene rings is 2. The molecule has 0 heterocycles. The average molecular weight is 337 g/mol. The number of unbranched alkanes of at least 4 members (excludes halogenated alkanes) is 1. The second-order valence-electron chi connectivity index (χ2n) is 5.11. The van der Waals surface area contributed by atoms with Crippen molar-refractivity contribution >= 4 is 23.6 Å². The standard InChI is InChI=1S/C20H19NO2S/c1-24-19-10-8-17(9-11-19)20(22)12-7-16-5-4-6-18(15-16)23-14-3-2-13-21/h4-12,15H,2-3,14H2,1H3/b12-7+. The van der Waals surface area contributed by atoms with Gasteiger partial charge in [0.2, 0.25) is 0 Å². The molecule has 4 heteroatoms. The molecule has 0 aliphatic carbocycles. The van der Waals surface area contributed by atoms with Crippen LogP contribution in [0.3, 0.4) is 0 Å². The van der Waals surface area contributed by atoms with Crippen LogP contribution in [-0.4, -0.2) is 18.6 Å². The Morgan fingerprint density at radius 2 is 2.04 bits per heavy atom. The van der Waals surface area contributed by atoms with Crippen molar-refractivity contribution in [3.63, 3.8) is 0 Å². The summed E-state index contributed by atoms with van der Waals surface area (Å²) in [6.07, 6.45) is 6.56. The SMILES string of the molecule is CSc1ccc(C(=O)/C=C/c2cccc(OCCCC#N)c2)cc1. The third-order valence-electron chi connectivity index (χ3n) is 3.36. The first-order valence-electron chi connectivity index (χ1n) is 7.69. The van der Waals surface area contributed by atoms with Gasteiger partial charge in [-0.1, -0.05) is 18.2 Å². The first kappa shape index (κ1) is 17.8. The topological polar surface area (TPSA) is 50.1 Å². The zero-order chi connectivity index (χ0) is 17.2. The summed E-state index contributed by atoms with van der Waals surface area (Å²) >= 11 is 1.65. The first-order chi connectivity index (χ1) is 11.7. The van der Waals surface area contributed by atoms with Gasteiger partial charge in [0.05, 0.1) is 12.7 Å². The fraction of sp³-hybridized carbons (Fsp3) is 0.200. The molecule has 24 heavy (non-hydrogen) atoms. The van der Waals surface area contributed by atoms with Crippen molar-refractivity contribution in [2.24, 2.45) is 0 Å². The van der Waals surface area contributed by atoms with Crippen molar-refractivity contribution in [1.29, 1.82) is 5.26 Å². The van der Waals surface area contributed by atoms with Gasteiger partial charge < -0.3 is 4.74 Å². The second kappa shape index (κ2) is 9.59. The van der Waals surface area contributed by atoms with E-state index in [1.807, 2.05) is 54.8 Å². The Morgan fingerprint density at radius 3 is 2.75 bits per heavy atom. The molecule has 0 atom stereocenters. The van der Waals surface area contributed by atoms with Crippen molar-refractivity contribution in [3.05, 3.63) is 65.7 Å². The molecule has 0 radical (unpaired) electrons. The smallest absolute Gasteiger partial charge is 0.185 e. The third kappa shape index (κ3) is 5.60. The van der Waals surface area contributed by atoms with Crippen molar-refractivity contribution in [2.45, 2.75) is 17.7 Å². The van der Waals surface area contributed by atoms with Gasteiger partial charge in [0.15, 0.2) is 5.78 Å². The maximum absolute atomic E-state index is 12.2. The van der Waals surface area contributed by atoms with Crippen LogP contribution in [-0.2, 0) is 0 Å². The lowest BCUT2D eigenvalue weighted by molar-refractivity contribution is 0.104. The van der Waals surface area contributed by atoms with Gasteiger partial charge in [-0.25, -0.2) is 0 Å². The maximum atomic E-state index is 12.2. The molecule has 2 aromatic rings. The van der Waals surface area contributed by atoms with Crippen LogP contribution in [0, 0.1) is 11.3 Å². The minimum absolute atomic E-state index is 0.0250. The largest absolute Gasteiger partial charge is 0.494 e. The molecule has 0 bridgehead atoms. The van der Waals surface area contributed by atoms with Gasteiger partial charge in [-0.15, -0.1) is 11.8 Å². The Bertz CT molecular complexity index is 745. The molecule has 0 N–H and O–H groups in total. The van der Waals surface area contributed by atoms with E-state index in [0.717, 1.165) is 16.2 Å². The van der Waals surface area contributed by atoms with E-state index in [0.29, 0.717) is 25.0 Å². The number of nitriles is 1. The zero-order valence-corrected chi connectivity index (χ0v) is 14.4. The van der Waals surface area contributed by atoms with Crippen molar-refractivity contribution < 1.29 is 9.53 Å². The number of hydrogen-bond acceptors (Lipinski definition) is 4. The molecule has 3 nitrogen and oxygen atoms in total. The highest BCUT2D eigenvalue weighted by atomic mass is 32.2. The summed E-state index contributed by atoms with van der Waals surface area (Å²) in [6.45, 7) is 0.515. The normalized spacial score (nSPS) is 10.5. The van der Waals surface area contributed by atoms with E-state index >= 15 is 0 Å². The minimum Gasteiger partial charge on any atom is -0.494 e. The Hall–Kier alpha value is -2.51. The van der Waals surface area contributed by atoms with Crippen molar-refractivity contribution in [3.8, 4) is 11.8 Å². The highest BCUT2D eigenvalue weighted by molar-refractivity contribution is 7.98. The van der Waals surface area contributed by atoms with E-state index < -0.39 is 0 Å². The maximum Gasteiger partial charge on any atom is 0.185 e. The number of thioether (sulfide) groups is 1. The summed E-state index contributed by atoms with van der Waals surface area (Å²) in [4.78, 5) is 13.3. The van der Waals surface area contributed by atoms with E-state index in [1.54, 1.807) is 23.9 Å². The summed E-state index contributed by atoms with van der Waals surface area (Å²) in [5, 5.41) is 8.50. The molecular weight excluding hydrogens is 318 g/mol. The van der Waals surface area contributed by atoms with Crippen LogP contribution < -0.4 is 4.74 Å². The predicted octanol–water partition coefficient (Wildman–Crippen LogP) is 4.99. The number of ether oxygens (including phenoxy) is 1. The lowest BCUT2D eigenvalue weighted by atomic mass is 10.1. The molecule has 0 saturated heterocycles. The molecule has 0 spiro atoms. The second-order valence-corrected chi connectivity index (χ2v) is 5.99. The first-order valence-corrected chi connectivity index (χ1v) is 8.91.